The molecular weight excluding hydrogens is 291 g/mol. The molecule has 0 saturated heterocycles. The van der Waals surface area contributed by atoms with Crippen molar-refractivity contribution in [3.8, 4) is 11.3 Å². The van der Waals surface area contributed by atoms with Gasteiger partial charge < -0.3 is 9.15 Å². The first kappa shape index (κ1) is 11.9. The molecule has 1 heterocycles. The van der Waals surface area contributed by atoms with Gasteiger partial charge in [0.05, 0.1) is 12.7 Å². The molecule has 0 radical (unpaired) electrons. The van der Waals surface area contributed by atoms with Crippen LogP contribution in [-0.2, 0) is 4.74 Å². The summed E-state index contributed by atoms with van der Waals surface area (Å²) in [5.74, 6) is -0.681. The van der Waals surface area contributed by atoms with E-state index in [9.17, 15) is 9.18 Å². The average Bonchev–Trinajstić information content (AvgIpc) is 2.77. The Labute approximate surface area is 105 Å². The van der Waals surface area contributed by atoms with Crippen LogP contribution in [0.3, 0.4) is 0 Å². The molecule has 0 fully saturated rings. The van der Waals surface area contributed by atoms with E-state index in [0.717, 1.165) is 0 Å². The molecule has 0 N–H and O–H groups in total. The van der Waals surface area contributed by atoms with Gasteiger partial charge in [0, 0.05) is 4.47 Å². The fourth-order valence-electron chi connectivity index (χ4n) is 1.38. The second kappa shape index (κ2) is 4.71. The van der Waals surface area contributed by atoms with E-state index in [1.807, 2.05) is 0 Å². The first-order valence-electron chi connectivity index (χ1n) is 4.75. The Balaban J connectivity index is 2.40. The van der Waals surface area contributed by atoms with E-state index in [1.165, 1.54) is 25.3 Å². The van der Waals surface area contributed by atoms with Crippen LogP contribution < -0.4 is 0 Å². The Hall–Kier alpha value is -1.62. The van der Waals surface area contributed by atoms with E-state index in [0.29, 0.717) is 10.0 Å². The van der Waals surface area contributed by atoms with Crippen molar-refractivity contribution in [2.45, 2.75) is 0 Å². The van der Waals surface area contributed by atoms with Crippen LogP contribution in [0.15, 0.2) is 39.2 Å². The molecule has 0 atom stereocenters. The molecular formula is C12H8BrFO3. The van der Waals surface area contributed by atoms with E-state index in [1.54, 1.807) is 12.1 Å². The summed E-state index contributed by atoms with van der Waals surface area (Å²) in [4.78, 5) is 11.2. The quantitative estimate of drug-likeness (QED) is 0.795. The number of hydrogen-bond acceptors (Lipinski definition) is 3. The van der Waals surface area contributed by atoms with Crippen molar-refractivity contribution in [3.05, 3.63) is 46.4 Å². The van der Waals surface area contributed by atoms with Gasteiger partial charge in [0.2, 0.25) is 5.76 Å². The molecule has 0 aliphatic rings. The van der Waals surface area contributed by atoms with Gasteiger partial charge in [0.25, 0.3) is 0 Å². The molecule has 0 saturated carbocycles. The molecule has 0 bridgehead atoms. The summed E-state index contributed by atoms with van der Waals surface area (Å²) in [6.07, 6.45) is 0. The summed E-state index contributed by atoms with van der Waals surface area (Å²) in [5, 5.41) is 0. The zero-order chi connectivity index (χ0) is 12.4. The number of ether oxygens (including phenoxy) is 1. The first-order chi connectivity index (χ1) is 8.11. The fraction of sp³-hybridized carbons (Fsp3) is 0.0833. The van der Waals surface area contributed by atoms with Gasteiger partial charge in [-0.25, -0.2) is 9.18 Å². The minimum Gasteiger partial charge on any atom is -0.463 e. The Morgan fingerprint density at radius 2 is 2.12 bits per heavy atom. The van der Waals surface area contributed by atoms with E-state index in [2.05, 4.69) is 20.7 Å². The molecule has 0 unspecified atom stereocenters. The van der Waals surface area contributed by atoms with Crippen molar-refractivity contribution in [1.29, 1.82) is 0 Å². The third kappa shape index (κ3) is 2.39. The van der Waals surface area contributed by atoms with E-state index in [-0.39, 0.29) is 11.5 Å². The molecule has 0 amide bonds. The predicted molar refractivity (Wildman–Crippen MR) is 63.1 cm³/mol. The van der Waals surface area contributed by atoms with Gasteiger partial charge in [-0.1, -0.05) is 15.9 Å². The van der Waals surface area contributed by atoms with E-state index in [4.69, 9.17) is 4.42 Å². The maximum absolute atomic E-state index is 13.6. The van der Waals surface area contributed by atoms with Crippen LogP contribution in [-0.4, -0.2) is 13.1 Å². The van der Waals surface area contributed by atoms with E-state index < -0.39 is 11.8 Å². The Morgan fingerprint density at radius 1 is 1.35 bits per heavy atom. The standard InChI is InChI=1S/C12H8BrFO3/c1-16-12(15)11-5-4-10(17-11)8-3-2-7(13)6-9(8)14/h2-6H,1H3. The van der Waals surface area contributed by atoms with Gasteiger partial charge >= 0.3 is 5.97 Å². The van der Waals surface area contributed by atoms with Crippen LogP contribution in [0.2, 0.25) is 0 Å². The maximum Gasteiger partial charge on any atom is 0.373 e. The topological polar surface area (TPSA) is 39.4 Å². The Morgan fingerprint density at radius 3 is 2.76 bits per heavy atom. The molecule has 0 spiro atoms. The summed E-state index contributed by atoms with van der Waals surface area (Å²) in [6.45, 7) is 0. The number of hydrogen-bond donors (Lipinski definition) is 0. The van der Waals surface area contributed by atoms with Crippen molar-refractivity contribution in [3.63, 3.8) is 0 Å². The zero-order valence-electron chi connectivity index (χ0n) is 8.87. The lowest BCUT2D eigenvalue weighted by molar-refractivity contribution is 0.0566. The highest BCUT2D eigenvalue weighted by Crippen LogP contribution is 2.27. The second-order valence-corrected chi connectivity index (χ2v) is 4.20. The smallest absolute Gasteiger partial charge is 0.373 e. The number of rotatable bonds is 2. The molecule has 0 aliphatic heterocycles. The number of methoxy groups -OCH3 is 1. The lowest BCUT2D eigenvalue weighted by Crippen LogP contribution is -1.98. The van der Waals surface area contributed by atoms with Crippen molar-refractivity contribution >= 4 is 21.9 Å². The van der Waals surface area contributed by atoms with Gasteiger partial charge in [-0.3, -0.25) is 0 Å². The zero-order valence-corrected chi connectivity index (χ0v) is 10.5. The summed E-state index contributed by atoms with van der Waals surface area (Å²) < 4.78 is 24.0. The summed E-state index contributed by atoms with van der Waals surface area (Å²) in [6, 6.07) is 7.56. The maximum atomic E-state index is 13.6. The minimum atomic E-state index is -0.589. The Bertz CT molecular complexity index is 563. The summed E-state index contributed by atoms with van der Waals surface area (Å²) >= 11 is 3.16. The van der Waals surface area contributed by atoms with Crippen LogP contribution in [0, 0.1) is 5.82 Å². The number of carbonyl (C=O) groups excluding carboxylic acids is 1. The Kier molecular flexibility index (Phi) is 3.28. The van der Waals surface area contributed by atoms with Crippen molar-refractivity contribution in [1.82, 2.24) is 0 Å². The molecule has 2 rings (SSSR count). The molecule has 5 heteroatoms. The molecule has 17 heavy (non-hydrogen) atoms. The second-order valence-electron chi connectivity index (χ2n) is 3.28. The minimum absolute atomic E-state index is 0.0461. The number of furan rings is 1. The highest BCUT2D eigenvalue weighted by Gasteiger charge is 2.14. The van der Waals surface area contributed by atoms with Gasteiger partial charge in [-0.15, -0.1) is 0 Å². The molecule has 1 aromatic carbocycles. The predicted octanol–water partition coefficient (Wildman–Crippen LogP) is 3.63. The molecule has 2 aromatic rings. The first-order valence-corrected chi connectivity index (χ1v) is 5.54. The average molecular weight is 299 g/mol. The van der Waals surface area contributed by atoms with Gasteiger partial charge in [0.1, 0.15) is 11.6 Å². The third-order valence-electron chi connectivity index (χ3n) is 2.19. The SMILES string of the molecule is COC(=O)c1ccc(-c2ccc(Br)cc2F)o1. The third-order valence-corrected chi connectivity index (χ3v) is 2.68. The van der Waals surface area contributed by atoms with Crippen LogP contribution in [0.25, 0.3) is 11.3 Å². The van der Waals surface area contributed by atoms with Crippen molar-refractivity contribution in [2.75, 3.05) is 7.11 Å². The van der Waals surface area contributed by atoms with Crippen LogP contribution >= 0.6 is 15.9 Å². The molecule has 3 nitrogen and oxygen atoms in total. The highest BCUT2D eigenvalue weighted by atomic mass is 79.9. The monoisotopic (exact) mass is 298 g/mol. The van der Waals surface area contributed by atoms with Gasteiger partial charge in [-0.2, -0.15) is 0 Å². The highest BCUT2D eigenvalue weighted by molar-refractivity contribution is 9.10. The summed E-state index contributed by atoms with van der Waals surface area (Å²) in [7, 11) is 1.25. The lowest BCUT2D eigenvalue weighted by Gasteiger charge is -2.00. The molecule has 0 aliphatic carbocycles. The van der Waals surface area contributed by atoms with Crippen LogP contribution in [0.1, 0.15) is 10.6 Å². The van der Waals surface area contributed by atoms with Crippen LogP contribution in [0.4, 0.5) is 4.39 Å². The van der Waals surface area contributed by atoms with Crippen molar-refractivity contribution in [2.24, 2.45) is 0 Å². The largest absolute Gasteiger partial charge is 0.463 e. The number of halogens is 2. The number of carbonyl (C=O) groups is 1. The molecule has 88 valence electrons. The van der Waals surface area contributed by atoms with E-state index >= 15 is 0 Å². The normalized spacial score (nSPS) is 10.3. The number of esters is 1. The molecule has 1 aromatic heterocycles. The van der Waals surface area contributed by atoms with Crippen molar-refractivity contribution < 1.29 is 18.3 Å². The lowest BCUT2D eigenvalue weighted by atomic mass is 10.1. The van der Waals surface area contributed by atoms with Gasteiger partial charge in [0.15, 0.2) is 0 Å². The van der Waals surface area contributed by atoms with Crippen LogP contribution in [0.5, 0.6) is 0 Å². The fourth-order valence-corrected chi connectivity index (χ4v) is 1.72. The van der Waals surface area contributed by atoms with Gasteiger partial charge in [-0.05, 0) is 30.3 Å². The number of benzene rings is 1. The summed E-state index contributed by atoms with van der Waals surface area (Å²) in [5.41, 5.74) is 0.295.